The zero-order valence-corrected chi connectivity index (χ0v) is 16.3. The standard InChI is InChI=1S/C23H25N3O2/c1-16-11-13-26(14-12-16)23(27)17(2)28-19-9-7-18(8-10-19)22-15-24-20-5-3-4-6-21(20)25-22/h3-10,15-17H,11-14H2,1-2H3/t17-/m1/s1. The molecule has 5 nitrogen and oxygen atoms in total. The number of hydrogen-bond donors (Lipinski definition) is 0. The Kier molecular flexibility index (Phi) is 5.24. The summed E-state index contributed by atoms with van der Waals surface area (Å²) >= 11 is 0. The molecule has 1 aromatic heterocycles. The van der Waals surface area contributed by atoms with E-state index in [-0.39, 0.29) is 5.91 Å². The van der Waals surface area contributed by atoms with Gasteiger partial charge in [0.15, 0.2) is 6.10 Å². The van der Waals surface area contributed by atoms with Crippen LogP contribution in [0, 0.1) is 5.92 Å². The van der Waals surface area contributed by atoms with E-state index in [1.807, 2.05) is 60.4 Å². The van der Waals surface area contributed by atoms with Crippen LogP contribution >= 0.6 is 0 Å². The SMILES string of the molecule is CC1CCN(C(=O)[C@@H](C)Oc2ccc(-c3cnc4ccccc4n3)cc2)CC1. The van der Waals surface area contributed by atoms with E-state index in [0.29, 0.717) is 11.7 Å². The van der Waals surface area contributed by atoms with E-state index in [9.17, 15) is 4.79 Å². The van der Waals surface area contributed by atoms with Gasteiger partial charge in [-0.15, -0.1) is 0 Å². The van der Waals surface area contributed by atoms with Gasteiger partial charge in [0.2, 0.25) is 0 Å². The van der Waals surface area contributed by atoms with Crippen molar-refractivity contribution in [1.29, 1.82) is 0 Å². The summed E-state index contributed by atoms with van der Waals surface area (Å²) in [5, 5.41) is 0. The van der Waals surface area contributed by atoms with Crippen molar-refractivity contribution in [2.75, 3.05) is 13.1 Å². The van der Waals surface area contributed by atoms with Gasteiger partial charge in [-0.05, 0) is 62.1 Å². The van der Waals surface area contributed by atoms with E-state index in [2.05, 4.69) is 16.9 Å². The molecule has 1 saturated heterocycles. The van der Waals surface area contributed by atoms with E-state index in [0.717, 1.165) is 48.2 Å². The number of amides is 1. The third-order valence-corrected chi connectivity index (χ3v) is 5.35. The summed E-state index contributed by atoms with van der Waals surface area (Å²) in [4.78, 5) is 23.7. The topological polar surface area (TPSA) is 55.3 Å². The maximum atomic E-state index is 12.6. The average molecular weight is 375 g/mol. The second-order valence-electron chi connectivity index (χ2n) is 7.54. The first-order valence-corrected chi connectivity index (χ1v) is 9.88. The Morgan fingerprint density at radius 1 is 1.07 bits per heavy atom. The van der Waals surface area contributed by atoms with Crippen molar-refractivity contribution in [3.05, 3.63) is 54.7 Å². The number of ether oxygens (including phenoxy) is 1. The molecule has 0 radical (unpaired) electrons. The van der Waals surface area contributed by atoms with Crippen LogP contribution in [0.4, 0.5) is 0 Å². The smallest absolute Gasteiger partial charge is 0.263 e. The number of carbonyl (C=O) groups is 1. The van der Waals surface area contributed by atoms with E-state index in [1.54, 1.807) is 6.20 Å². The predicted molar refractivity (Wildman–Crippen MR) is 110 cm³/mol. The summed E-state index contributed by atoms with van der Waals surface area (Å²) in [5.74, 6) is 1.45. The van der Waals surface area contributed by atoms with Gasteiger partial charge in [0, 0.05) is 18.7 Å². The third kappa shape index (κ3) is 3.98. The highest BCUT2D eigenvalue weighted by Crippen LogP contribution is 2.23. The summed E-state index contributed by atoms with van der Waals surface area (Å²) < 4.78 is 5.89. The number of rotatable bonds is 4. The van der Waals surface area contributed by atoms with Crippen molar-refractivity contribution < 1.29 is 9.53 Å². The summed E-state index contributed by atoms with van der Waals surface area (Å²) in [6.45, 7) is 5.72. The summed E-state index contributed by atoms with van der Waals surface area (Å²) in [6.07, 6.45) is 3.43. The first kappa shape index (κ1) is 18.4. The number of fused-ring (bicyclic) bond motifs is 1. The Hall–Kier alpha value is -2.95. The highest BCUT2D eigenvalue weighted by Gasteiger charge is 2.25. The van der Waals surface area contributed by atoms with Gasteiger partial charge in [0.05, 0.1) is 22.9 Å². The van der Waals surface area contributed by atoms with Crippen LogP contribution in [-0.4, -0.2) is 40.0 Å². The highest BCUT2D eigenvalue weighted by atomic mass is 16.5. The Morgan fingerprint density at radius 3 is 2.46 bits per heavy atom. The molecule has 2 heterocycles. The van der Waals surface area contributed by atoms with Crippen LogP contribution in [0.3, 0.4) is 0 Å². The minimum absolute atomic E-state index is 0.0661. The molecule has 0 aliphatic carbocycles. The van der Waals surface area contributed by atoms with Gasteiger partial charge in [-0.25, -0.2) is 4.98 Å². The lowest BCUT2D eigenvalue weighted by atomic mass is 9.99. The first-order chi connectivity index (χ1) is 13.6. The highest BCUT2D eigenvalue weighted by molar-refractivity contribution is 5.81. The molecule has 5 heteroatoms. The fourth-order valence-corrected chi connectivity index (χ4v) is 3.54. The van der Waals surface area contributed by atoms with Gasteiger partial charge in [-0.2, -0.15) is 0 Å². The Balaban J connectivity index is 1.43. The molecule has 0 unspecified atom stereocenters. The van der Waals surface area contributed by atoms with Gasteiger partial charge in [0.25, 0.3) is 5.91 Å². The van der Waals surface area contributed by atoms with Gasteiger partial charge in [0.1, 0.15) is 5.75 Å². The number of para-hydroxylation sites is 2. The lowest BCUT2D eigenvalue weighted by Gasteiger charge is -2.32. The van der Waals surface area contributed by atoms with Crippen LogP contribution in [0.15, 0.2) is 54.7 Å². The van der Waals surface area contributed by atoms with Gasteiger partial charge in [-0.1, -0.05) is 19.1 Å². The van der Waals surface area contributed by atoms with E-state index < -0.39 is 6.10 Å². The molecule has 0 N–H and O–H groups in total. The van der Waals surface area contributed by atoms with Crippen LogP contribution in [0.2, 0.25) is 0 Å². The maximum absolute atomic E-state index is 12.6. The molecule has 0 saturated carbocycles. The van der Waals surface area contributed by atoms with Crippen LogP contribution in [-0.2, 0) is 4.79 Å². The molecule has 28 heavy (non-hydrogen) atoms. The second-order valence-corrected chi connectivity index (χ2v) is 7.54. The number of nitrogens with zero attached hydrogens (tertiary/aromatic N) is 3. The monoisotopic (exact) mass is 375 g/mol. The number of benzene rings is 2. The molecule has 1 aliphatic heterocycles. The van der Waals surface area contributed by atoms with Crippen LogP contribution < -0.4 is 4.74 Å². The van der Waals surface area contributed by atoms with Crippen LogP contribution in [0.1, 0.15) is 26.7 Å². The summed E-state index contributed by atoms with van der Waals surface area (Å²) in [6, 6.07) is 15.5. The lowest BCUT2D eigenvalue weighted by Crippen LogP contribution is -2.44. The zero-order valence-electron chi connectivity index (χ0n) is 16.3. The number of likely N-dealkylation sites (tertiary alicyclic amines) is 1. The molecular formula is C23H25N3O2. The molecule has 1 aliphatic rings. The molecule has 1 atom stereocenters. The molecule has 1 fully saturated rings. The largest absolute Gasteiger partial charge is 0.481 e. The Morgan fingerprint density at radius 2 is 1.75 bits per heavy atom. The zero-order chi connectivity index (χ0) is 19.5. The normalized spacial score (nSPS) is 16.1. The maximum Gasteiger partial charge on any atom is 0.263 e. The lowest BCUT2D eigenvalue weighted by molar-refractivity contribution is -0.139. The summed E-state index contributed by atoms with van der Waals surface area (Å²) in [7, 11) is 0. The fraction of sp³-hybridized carbons (Fsp3) is 0.348. The number of piperidine rings is 1. The average Bonchev–Trinajstić information content (AvgIpc) is 2.74. The second kappa shape index (κ2) is 7.97. The van der Waals surface area contributed by atoms with Crippen molar-refractivity contribution in [2.24, 2.45) is 5.92 Å². The minimum Gasteiger partial charge on any atom is -0.481 e. The number of aromatic nitrogens is 2. The number of hydrogen-bond acceptors (Lipinski definition) is 4. The first-order valence-electron chi connectivity index (χ1n) is 9.88. The molecular weight excluding hydrogens is 350 g/mol. The van der Waals surface area contributed by atoms with E-state index in [1.165, 1.54) is 0 Å². The number of carbonyl (C=O) groups excluding carboxylic acids is 1. The molecule has 2 aromatic carbocycles. The quantitative estimate of drug-likeness (QED) is 0.681. The van der Waals surface area contributed by atoms with Gasteiger partial charge >= 0.3 is 0 Å². The fourth-order valence-electron chi connectivity index (χ4n) is 3.54. The van der Waals surface area contributed by atoms with E-state index >= 15 is 0 Å². The summed E-state index contributed by atoms with van der Waals surface area (Å²) in [5.41, 5.74) is 3.53. The Bertz CT molecular complexity index is 963. The Labute approximate surface area is 165 Å². The molecule has 1 amide bonds. The van der Waals surface area contributed by atoms with Crippen molar-refractivity contribution >= 4 is 16.9 Å². The molecule has 4 rings (SSSR count). The predicted octanol–water partition coefficient (Wildman–Crippen LogP) is 4.32. The van der Waals surface area contributed by atoms with Crippen LogP contribution in [0.25, 0.3) is 22.3 Å². The molecule has 0 spiro atoms. The van der Waals surface area contributed by atoms with Crippen molar-refractivity contribution in [2.45, 2.75) is 32.8 Å². The van der Waals surface area contributed by atoms with Crippen molar-refractivity contribution in [1.82, 2.24) is 14.9 Å². The van der Waals surface area contributed by atoms with Crippen molar-refractivity contribution in [3.8, 4) is 17.0 Å². The minimum atomic E-state index is -0.486. The molecule has 144 valence electrons. The van der Waals surface area contributed by atoms with Gasteiger partial charge in [-0.3, -0.25) is 9.78 Å². The molecule has 0 bridgehead atoms. The van der Waals surface area contributed by atoms with Crippen LogP contribution in [0.5, 0.6) is 5.75 Å². The van der Waals surface area contributed by atoms with Gasteiger partial charge < -0.3 is 9.64 Å². The third-order valence-electron chi connectivity index (χ3n) is 5.35. The van der Waals surface area contributed by atoms with Crippen molar-refractivity contribution in [3.63, 3.8) is 0 Å². The van der Waals surface area contributed by atoms with E-state index in [4.69, 9.17) is 4.74 Å². The molecule has 3 aromatic rings.